The van der Waals surface area contributed by atoms with Crippen LogP contribution < -0.4 is 5.32 Å². The quantitative estimate of drug-likeness (QED) is 0.564. The van der Waals surface area contributed by atoms with Crippen LogP contribution in [0.25, 0.3) is 11.0 Å². The van der Waals surface area contributed by atoms with Crippen molar-refractivity contribution in [1.29, 1.82) is 0 Å². The van der Waals surface area contributed by atoms with E-state index in [2.05, 4.69) is 23.3 Å². The van der Waals surface area contributed by atoms with Gasteiger partial charge in [-0.05, 0) is 51.0 Å². The molecule has 7 nitrogen and oxygen atoms in total. The maximum atomic E-state index is 12.6. The van der Waals surface area contributed by atoms with Gasteiger partial charge in [-0.2, -0.15) is 13.2 Å². The SMILES string of the molecule is Cc1ccc(C(=O)N2CCC(NC(C)c3cc4cnccc4o3)CC2)cc1.O=C(O)C(F)(F)F. The highest BCUT2D eigenvalue weighted by atomic mass is 19.4. The Morgan fingerprint density at radius 2 is 1.79 bits per heavy atom. The molecule has 0 bridgehead atoms. The molecule has 1 amide bonds. The van der Waals surface area contributed by atoms with E-state index < -0.39 is 12.1 Å². The molecule has 1 unspecified atom stereocenters. The smallest absolute Gasteiger partial charge is 0.475 e. The Bertz CT molecular complexity index is 1090. The minimum Gasteiger partial charge on any atom is -0.475 e. The van der Waals surface area contributed by atoms with Gasteiger partial charge in [0.15, 0.2) is 0 Å². The fourth-order valence-electron chi connectivity index (χ4n) is 3.68. The number of aliphatic carboxylic acids is 1. The number of hydrogen-bond donors (Lipinski definition) is 2. The van der Waals surface area contributed by atoms with Crippen LogP contribution in [0.2, 0.25) is 0 Å². The Kier molecular flexibility index (Phi) is 7.93. The van der Waals surface area contributed by atoms with E-state index in [0.29, 0.717) is 6.04 Å². The number of nitrogens with one attached hydrogen (secondary N) is 1. The number of piperidine rings is 1. The van der Waals surface area contributed by atoms with E-state index in [0.717, 1.165) is 48.2 Å². The first-order chi connectivity index (χ1) is 16.0. The number of rotatable bonds is 4. The van der Waals surface area contributed by atoms with Gasteiger partial charge in [0.25, 0.3) is 5.91 Å². The van der Waals surface area contributed by atoms with Gasteiger partial charge in [-0.3, -0.25) is 9.78 Å². The van der Waals surface area contributed by atoms with Crippen LogP contribution >= 0.6 is 0 Å². The molecule has 2 aromatic heterocycles. The van der Waals surface area contributed by atoms with Crippen molar-refractivity contribution in [2.24, 2.45) is 0 Å². The van der Waals surface area contributed by atoms with Crippen molar-refractivity contribution in [1.82, 2.24) is 15.2 Å². The predicted molar refractivity (Wildman–Crippen MR) is 119 cm³/mol. The molecule has 1 fully saturated rings. The number of hydrogen-bond acceptors (Lipinski definition) is 5. The van der Waals surface area contributed by atoms with Crippen LogP contribution in [-0.2, 0) is 4.79 Å². The van der Waals surface area contributed by atoms with Crippen molar-refractivity contribution in [2.75, 3.05) is 13.1 Å². The maximum Gasteiger partial charge on any atom is 0.490 e. The van der Waals surface area contributed by atoms with E-state index in [4.69, 9.17) is 14.3 Å². The zero-order valence-corrected chi connectivity index (χ0v) is 18.8. The summed E-state index contributed by atoms with van der Waals surface area (Å²) in [6, 6.07) is 12.3. The number of amides is 1. The van der Waals surface area contributed by atoms with Crippen LogP contribution in [0.5, 0.6) is 0 Å². The lowest BCUT2D eigenvalue weighted by atomic mass is 10.0. The number of aryl methyl sites for hydroxylation is 1. The number of alkyl halides is 3. The summed E-state index contributed by atoms with van der Waals surface area (Å²) in [6.45, 7) is 5.71. The number of carboxylic acids is 1. The maximum absolute atomic E-state index is 12.6. The number of carbonyl (C=O) groups is 2. The highest BCUT2D eigenvalue weighted by molar-refractivity contribution is 5.94. The highest BCUT2D eigenvalue weighted by Crippen LogP contribution is 2.24. The minimum absolute atomic E-state index is 0.127. The van der Waals surface area contributed by atoms with Crippen LogP contribution in [0.4, 0.5) is 13.2 Å². The van der Waals surface area contributed by atoms with E-state index in [-0.39, 0.29) is 11.9 Å². The van der Waals surface area contributed by atoms with E-state index in [1.54, 1.807) is 6.20 Å². The lowest BCUT2D eigenvalue weighted by Crippen LogP contribution is -2.45. The van der Waals surface area contributed by atoms with Crippen molar-refractivity contribution in [2.45, 2.75) is 44.9 Å². The number of likely N-dealkylation sites (tertiary alicyclic amines) is 1. The third-order valence-corrected chi connectivity index (χ3v) is 5.57. The van der Waals surface area contributed by atoms with Crippen LogP contribution in [0.1, 0.15) is 47.5 Å². The monoisotopic (exact) mass is 477 g/mol. The Morgan fingerprint density at radius 3 is 2.35 bits per heavy atom. The van der Waals surface area contributed by atoms with Gasteiger partial charge in [0, 0.05) is 42.5 Å². The van der Waals surface area contributed by atoms with Gasteiger partial charge in [0.1, 0.15) is 11.3 Å². The van der Waals surface area contributed by atoms with Crippen LogP contribution in [0.3, 0.4) is 0 Å². The number of carbonyl (C=O) groups excluding carboxylic acids is 1. The van der Waals surface area contributed by atoms with Gasteiger partial charge >= 0.3 is 12.1 Å². The zero-order chi connectivity index (χ0) is 24.9. The number of nitrogens with zero attached hydrogens (tertiary/aromatic N) is 2. The number of pyridine rings is 1. The molecule has 4 rings (SSSR count). The molecule has 3 aromatic rings. The molecule has 0 spiro atoms. The molecule has 2 N–H and O–H groups in total. The molecule has 0 saturated carbocycles. The van der Waals surface area contributed by atoms with Crippen molar-refractivity contribution < 1.29 is 32.3 Å². The minimum atomic E-state index is -5.08. The highest BCUT2D eigenvalue weighted by Gasteiger charge is 2.38. The van der Waals surface area contributed by atoms with Gasteiger partial charge in [-0.25, -0.2) is 4.79 Å². The number of aromatic nitrogens is 1. The molecule has 1 aliphatic heterocycles. The van der Waals surface area contributed by atoms with Gasteiger partial charge in [0.2, 0.25) is 0 Å². The molecule has 182 valence electrons. The third-order valence-electron chi connectivity index (χ3n) is 5.57. The van der Waals surface area contributed by atoms with Gasteiger partial charge in [-0.1, -0.05) is 17.7 Å². The average Bonchev–Trinajstić information content (AvgIpc) is 3.24. The molecule has 34 heavy (non-hydrogen) atoms. The molecule has 1 atom stereocenters. The Morgan fingerprint density at radius 1 is 1.18 bits per heavy atom. The summed E-state index contributed by atoms with van der Waals surface area (Å²) >= 11 is 0. The average molecular weight is 477 g/mol. The molecular weight excluding hydrogens is 451 g/mol. The van der Waals surface area contributed by atoms with Crippen molar-refractivity contribution in [3.05, 3.63) is 65.7 Å². The second kappa shape index (κ2) is 10.7. The molecule has 3 heterocycles. The zero-order valence-electron chi connectivity index (χ0n) is 18.8. The van der Waals surface area contributed by atoms with Gasteiger partial charge in [-0.15, -0.1) is 0 Å². The summed E-state index contributed by atoms with van der Waals surface area (Å²) in [4.78, 5) is 27.6. The van der Waals surface area contributed by atoms with Crippen molar-refractivity contribution in [3.8, 4) is 0 Å². The summed E-state index contributed by atoms with van der Waals surface area (Å²) in [7, 11) is 0. The molecule has 0 radical (unpaired) electrons. The summed E-state index contributed by atoms with van der Waals surface area (Å²) in [5.41, 5.74) is 2.81. The number of fused-ring (bicyclic) bond motifs is 1. The third kappa shape index (κ3) is 6.57. The second-order valence-electron chi connectivity index (χ2n) is 8.19. The number of furan rings is 1. The normalized spacial score (nSPS) is 15.5. The van der Waals surface area contributed by atoms with Crippen LogP contribution in [0.15, 0.2) is 53.2 Å². The Hall–Kier alpha value is -3.40. The molecule has 1 saturated heterocycles. The van der Waals surface area contributed by atoms with E-state index in [1.165, 1.54) is 5.56 Å². The first-order valence-electron chi connectivity index (χ1n) is 10.8. The molecule has 10 heteroatoms. The Balaban J connectivity index is 0.000000406. The summed E-state index contributed by atoms with van der Waals surface area (Å²) < 4.78 is 37.7. The Labute approximate surface area is 194 Å². The fourth-order valence-corrected chi connectivity index (χ4v) is 3.68. The van der Waals surface area contributed by atoms with E-state index in [1.807, 2.05) is 48.4 Å². The lowest BCUT2D eigenvalue weighted by Gasteiger charge is -2.33. The predicted octanol–water partition coefficient (Wildman–Crippen LogP) is 4.72. The molecule has 1 aromatic carbocycles. The number of halogens is 3. The largest absolute Gasteiger partial charge is 0.490 e. The molecule has 1 aliphatic rings. The fraction of sp³-hybridized carbons (Fsp3) is 0.375. The van der Waals surface area contributed by atoms with E-state index in [9.17, 15) is 18.0 Å². The first kappa shape index (κ1) is 25.2. The first-order valence-corrected chi connectivity index (χ1v) is 10.8. The van der Waals surface area contributed by atoms with Crippen molar-refractivity contribution in [3.63, 3.8) is 0 Å². The standard InChI is InChI=1S/C22H25N3O2.C2HF3O2/c1-15-3-5-17(6-4-15)22(26)25-11-8-19(9-12-25)24-16(2)21-13-18-14-23-10-7-20(18)27-21;3-2(4,5)1(6)7/h3-7,10,13-14,16,19,24H,8-9,11-12H2,1-2H3;(H,6,7). The van der Waals surface area contributed by atoms with Gasteiger partial charge < -0.3 is 19.7 Å². The van der Waals surface area contributed by atoms with Gasteiger partial charge in [0.05, 0.1) is 6.04 Å². The lowest BCUT2D eigenvalue weighted by molar-refractivity contribution is -0.192. The molecule has 0 aliphatic carbocycles. The number of benzene rings is 1. The number of carboxylic acid groups (broad SMARTS) is 1. The van der Waals surface area contributed by atoms with Crippen LogP contribution in [-0.4, -0.2) is 52.2 Å². The summed E-state index contributed by atoms with van der Waals surface area (Å²) in [6.07, 6.45) is 0.381. The summed E-state index contributed by atoms with van der Waals surface area (Å²) in [5.74, 6) is -1.70. The van der Waals surface area contributed by atoms with Crippen molar-refractivity contribution >= 4 is 22.8 Å². The van der Waals surface area contributed by atoms with E-state index >= 15 is 0 Å². The summed E-state index contributed by atoms with van der Waals surface area (Å²) in [5, 5.41) is 11.8. The topological polar surface area (TPSA) is 95.7 Å². The molecular formula is C24H26F3N3O4. The van der Waals surface area contributed by atoms with Crippen LogP contribution in [0, 0.1) is 6.92 Å². The second-order valence-corrected chi connectivity index (χ2v) is 8.19.